The third-order valence-corrected chi connectivity index (χ3v) is 4.34. The molecule has 0 bridgehead atoms. The molecule has 0 spiro atoms. The van der Waals surface area contributed by atoms with Crippen molar-refractivity contribution in [2.75, 3.05) is 0 Å². The van der Waals surface area contributed by atoms with Gasteiger partial charge in [0.15, 0.2) is 0 Å². The van der Waals surface area contributed by atoms with E-state index in [1.54, 1.807) is 0 Å². The summed E-state index contributed by atoms with van der Waals surface area (Å²) in [6.45, 7) is 4.57. The van der Waals surface area contributed by atoms with Crippen LogP contribution in [0, 0.1) is 0 Å². The molecule has 0 aliphatic carbocycles. The second kappa shape index (κ2) is 16.6. The number of carbonyl (C=O) groups is 2. The van der Waals surface area contributed by atoms with Crippen molar-refractivity contribution in [2.24, 2.45) is 0 Å². The molecule has 0 amide bonds. The van der Waals surface area contributed by atoms with E-state index in [-0.39, 0.29) is 11.1 Å². The van der Waals surface area contributed by atoms with E-state index < -0.39 is 11.9 Å². The average molecular weight is 365 g/mol. The Morgan fingerprint density at radius 3 is 1.12 bits per heavy atom. The van der Waals surface area contributed by atoms with Crippen molar-refractivity contribution < 1.29 is 19.8 Å². The number of hydrogen-bond donors (Lipinski definition) is 2. The number of carboxylic acid groups (broad SMARTS) is 2. The lowest BCUT2D eigenvalue weighted by Crippen LogP contribution is -2.06. The van der Waals surface area contributed by atoms with Crippen LogP contribution in [0.4, 0.5) is 0 Å². The van der Waals surface area contributed by atoms with E-state index in [2.05, 4.69) is 13.8 Å². The highest BCUT2D eigenvalue weighted by atomic mass is 16.4. The molecule has 4 heteroatoms. The summed E-state index contributed by atoms with van der Waals surface area (Å²) in [5.41, 5.74) is -0.380. The largest absolute Gasteiger partial charge is 0.478 e. The van der Waals surface area contributed by atoms with Crippen molar-refractivity contribution in [3.63, 3.8) is 0 Å². The first-order valence-corrected chi connectivity index (χ1v) is 10.1. The molecule has 0 aromatic heterocycles. The van der Waals surface area contributed by atoms with Gasteiger partial charge in [-0.1, -0.05) is 103 Å². The predicted molar refractivity (Wildman–Crippen MR) is 107 cm³/mol. The van der Waals surface area contributed by atoms with Gasteiger partial charge in [0.1, 0.15) is 0 Å². The maximum absolute atomic E-state index is 10.5. The molecule has 0 unspecified atom stereocenters. The maximum atomic E-state index is 10.5. The van der Waals surface area contributed by atoms with Gasteiger partial charge in [0.25, 0.3) is 0 Å². The zero-order valence-corrected chi connectivity index (χ0v) is 16.5. The topological polar surface area (TPSA) is 74.6 Å². The van der Waals surface area contributed by atoms with Crippen molar-refractivity contribution in [1.82, 2.24) is 0 Å². The van der Waals surface area contributed by atoms with E-state index in [4.69, 9.17) is 10.2 Å². The zero-order valence-electron chi connectivity index (χ0n) is 16.5. The van der Waals surface area contributed by atoms with Crippen LogP contribution in [0.1, 0.15) is 112 Å². The highest BCUT2D eigenvalue weighted by molar-refractivity contribution is 6.01. The molecular weight excluding hydrogens is 328 g/mol. The molecule has 26 heavy (non-hydrogen) atoms. The van der Waals surface area contributed by atoms with Gasteiger partial charge in [-0.25, -0.2) is 9.59 Å². The summed E-state index contributed by atoms with van der Waals surface area (Å²) in [6, 6.07) is 5.48. The van der Waals surface area contributed by atoms with Crippen molar-refractivity contribution in [2.45, 2.75) is 90.9 Å². The summed E-state index contributed by atoms with van der Waals surface area (Å²) in [7, 11) is 0. The molecule has 0 saturated carbocycles. The fourth-order valence-electron chi connectivity index (χ4n) is 2.77. The fraction of sp³-hybridized carbons (Fsp3) is 0.636. The van der Waals surface area contributed by atoms with Crippen molar-refractivity contribution in [1.29, 1.82) is 0 Å². The minimum absolute atomic E-state index is 0.190. The maximum Gasteiger partial charge on any atom is 0.336 e. The van der Waals surface area contributed by atoms with E-state index in [0.717, 1.165) is 0 Å². The second-order valence-corrected chi connectivity index (χ2v) is 6.69. The van der Waals surface area contributed by atoms with Crippen LogP contribution in [-0.4, -0.2) is 22.2 Å². The summed E-state index contributed by atoms with van der Waals surface area (Å²) < 4.78 is 0. The predicted octanol–water partition coefficient (Wildman–Crippen LogP) is 6.79. The molecule has 148 valence electrons. The first-order chi connectivity index (χ1) is 12.5. The van der Waals surface area contributed by atoms with Crippen LogP contribution in [0.15, 0.2) is 24.3 Å². The minimum atomic E-state index is -1.23. The smallest absolute Gasteiger partial charge is 0.336 e. The van der Waals surface area contributed by atoms with Gasteiger partial charge in [-0.3, -0.25) is 0 Å². The van der Waals surface area contributed by atoms with Crippen molar-refractivity contribution >= 4 is 11.9 Å². The van der Waals surface area contributed by atoms with Crippen LogP contribution in [0.3, 0.4) is 0 Å². The fourth-order valence-corrected chi connectivity index (χ4v) is 2.77. The normalized spacial score (nSPS) is 10.1. The third kappa shape index (κ3) is 12.5. The van der Waals surface area contributed by atoms with Gasteiger partial charge in [-0.2, -0.15) is 0 Å². The number of hydrogen-bond acceptors (Lipinski definition) is 2. The molecule has 1 rings (SSSR count). The van der Waals surface area contributed by atoms with Crippen LogP contribution >= 0.6 is 0 Å². The van der Waals surface area contributed by atoms with Crippen LogP contribution in [0.25, 0.3) is 0 Å². The molecular formula is C22H36O4. The van der Waals surface area contributed by atoms with Gasteiger partial charge in [0.05, 0.1) is 11.1 Å². The molecule has 1 aromatic carbocycles. The number of rotatable bonds is 13. The summed E-state index contributed by atoms with van der Waals surface area (Å²) in [5.74, 6) is -2.46. The molecule has 2 N–H and O–H groups in total. The van der Waals surface area contributed by atoms with Crippen LogP contribution in [-0.2, 0) is 0 Å². The van der Waals surface area contributed by atoms with Crippen LogP contribution < -0.4 is 0 Å². The molecule has 0 fully saturated rings. The van der Waals surface area contributed by atoms with Gasteiger partial charge in [0, 0.05) is 0 Å². The van der Waals surface area contributed by atoms with E-state index in [0.29, 0.717) is 0 Å². The highest BCUT2D eigenvalue weighted by Gasteiger charge is 2.13. The van der Waals surface area contributed by atoms with Gasteiger partial charge < -0.3 is 10.2 Å². The molecule has 0 heterocycles. The molecule has 1 aromatic rings. The van der Waals surface area contributed by atoms with Gasteiger partial charge >= 0.3 is 11.9 Å². The molecule has 0 radical (unpaired) electrons. The second-order valence-electron chi connectivity index (χ2n) is 6.69. The van der Waals surface area contributed by atoms with Crippen LogP contribution in [0.5, 0.6) is 0 Å². The Labute approximate surface area is 158 Å². The first kappa shape index (κ1) is 24.2. The zero-order chi connectivity index (χ0) is 19.6. The molecule has 0 aliphatic heterocycles. The third-order valence-electron chi connectivity index (χ3n) is 4.34. The Kier molecular flexibility index (Phi) is 15.4. The highest BCUT2D eigenvalue weighted by Crippen LogP contribution is 2.11. The van der Waals surface area contributed by atoms with Crippen molar-refractivity contribution in [3.05, 3.63) is 35.4 Å². The lowest BCUT2D eigenvalue weighted by Gasteiger charge is -2.01. The van der Waals surface area contributed by atoms with Gasteiger partial charge in [0.2, 0.25) is 0 Å². The van der Waals surface area contributed by atoms with Gasteiger partial charge in [-0.15, -0.1) is 0 Å². The molecule has 0 saturated heterocycles. The summed E-state index contributed by atoms with van der Waals surface area (Å²) in [6.07, 6.45) is 17.4. The minimum Gasteiger partial charge on any atom is -0.478 e. The lowest BCUT2D eigenvalue weighted by molar-refractivity contribution is 0.0651. The van der Waals surface area contributed by atoms with Crippen LogP contribution in [0.2, 0.25) is 0 Å². The number of aromatic carboxylic acids is 2. The van der Waals surface area contributed by atoms with E-state index in [1.807, 2.05) is 0 Å². The number of unbranched alkanes of at least 4 members (excludes halogenated alkanes) is 11. The lowest BCUT2D eigenvalue weighted by atomic mass is 10.1. The Bertz CT molecular complexity index is 452. The van der Waals surface area contributed by atoms with E-state index in [9.17, 15) is 9.59 Å². The summed E-state index contributed by atoms with van der Waals surface area (Å²) in [5, 5.41) is 17.1. The Balaban J connectivity index is 0.000000485. The van der Waals surface area contributed by atoms with Gasteiger partial charge in [-0.05, 0) is 12.1 Å². The monoisotopic (exact) mass is 364 g/mol. The molecule has 4 nitrogen and oxygen atoms in total. The SMILES string of the molecule is CCCCCCCCCCCCCC.O=C(O)c1ccccc1C(=O)O. The van der Waals surface area contributed by atoms with E-state index in [1.165, 1.54) is 101 Å². The summed E-state index contributed by atoms with van der Waals surface area (Å²) >= 11 is 0. The Morgan fingerprint density at radius 1 is 0.615 bits per heavy atom. The van der Waals surface area contributed by atoms with E-state index >= 15 is 0 Å². The standard InChI is InChI=1S/C14H30.C8H6O4/c1-3-5-7-9-11-13-14-12-10-8-6-4-2;9-7(10)5-3-1-2-4-6(5)8(11)12/h3-14H2,1-2H3;1-4H,(H,9,10)(H,11,12). The summed E-state index contributed by atoms with van der Waals surface area (Å²) in [4.78, 5) is 20.9. The Hall–Kier alpha value is -1.84. The quantitative estimate of drug-likeness (QED) is 0.378. The average Bonchev–Trinajstić information content (AvgIpc) is 2.64. The first-order valence-electron chi connectivity index (χ1n) is 10.1. The molecule has 0 atom stereocenters. The Morgan fingerprint density at radius 2 is 0.885 bits per heavy atom. The molecule has 0 aliphatic rings. The number of carboxylic acids is 2. The van der Waals surface area contributed by atoms with Crippen molar-refractivity contribution in [3.8, 4) is 0 Å². The number of benzene rings is 1.